The van der Waals surface area contributed by atoms with E-state index >= 15 is 0 Å². The van der Waals surface area contributed by atoms with Crippen LogP contribution in [0.15, 0.2) is 10.8 Å². The van der Waals surface area contributed by atoms with Gasteiger partial charge in [-0.25, -0.2) is 13.8 Å². The molecule has 1 heterocycles. The fraction of sp³-hybridized carbons (Fsp3) is 0.286. The molecule has 1 N–H and O–H groups in total. The molecule has 0 bridgehead atoms. The molecule has 0 aliphatic carbocycles. The Kier molecular flexibility index (Phi) is 3.64. The van der Waals surface area contributed by atoms with Crippen molar-refractivity contribution in [1.29, 1.82) is 0 Å². The largest absolute Gasteiger partial charge is 0.392 e. The summed E-state index contributed by atoms with van der Waals surface area (Å²) in [4.78, 5) is 13.0. The topological polar surface area (TPSA) is 76.3 Å². The minimum atomic E-state index is -3.04. The Labute approximate surface area is 91.0 Å². The van der Waals surface area contributed by atoms with Gasteiger partial charge in [0.1, 0.15) is 16.4 Å². The molecule has 1 rings (SSSR count). The van der Waals surface area contributed by atoms with Gasteiger partial charge in [0.05, 0.1) is 11.5 Å². The highest BCUT2D eigenvalue weighted by molar-refractivity contribution is 9.10. The Balaban J connectivity index is 3.49. The van der Waals surface area contributed by atoms with Crippen LogP contribution in [-0.2, 0) is 6.61 Å². The maximum absolute atomic E-state index is 12.6. The van der Waals surface area contributed by atoms with Crippen LogP contribution in [0.5, 0.6) is 0 Å². The van der Waals surface area contributed by atoms with Crippen LogP contribution in [0.4, 0.5) is 14.5 Å². The second kappa shape index (κ2) is 4.58. The van der Waals surface area contributed by atoms with E-state index in [1.807, 2.05) is 0 Å². The van der Waals surface area contributed by atoms with Crippen molar-refractivity contribution in [3.8, 4) is 0 Å². The summed E-state index contributed by atoms with van der Waals surface area (Å²) in [6, 6.07) is 0. The van der Waals surface area contributed by atoms with E-state index < -0.39 is 29.2 Å². The summed E-state index contributed by atoms with van der Waals surface area (Å²) >= 11 is 2.83. The van der Waals surface area contributed by atoms with Crippen LogP contribution in [-0.4, -0.2) is 15.0 Å². The first-order chi connectivity index (χ1) is 6.99. The molecule has 1 aromatic heterocycles. The number of aromatic nitrogens is 1. The molecular weight excluding hydrogens is 278 g/mol. The van der Waals surface area contributed by atoms with Gasteiger partial charge in [-0.3, -0.25) is 10.1 Å². The third-order valence-corrected chi connectivity index (χ3v) is 2.41. The van der Waals surface area contributed by atoms with Gasteiger partial charge >= 0.3 is 0 Å². The smallest absolute Gasteiger partial charge is 0.296 e. The third-order valence-electron chi connectivity index (χ3n) is 1.72. The van der Waals surface area contributed by atoms with Gasteiger partial charge in [-0.05, 0) is 15.9 Å². The molecular formula is C7H5BrF2N2O3. The minimum absolute atomic E-state index is 0.0223. The number of hydrogen-bond donors (Lipinski definition) is 1. The average molecular weight is 283 g/mol. The predicted molar refractivity (Wildman–Crippen MR) is 49.5 cm³/mol. The maximum Gasteiger partial charge on any atom is 0.296 e. The molecule has 0 aliphatic heterocycles. The van der Waals surface area contributed by atoms with Crippen molar-refractivity contribution in [2.45, 2.75) is 13.0 Å². The van der Waals surface area contributed by atoms with Crippen LogP contribution in [0.2, 0.25) is 0 Å². The number of nitro groups is 1. The number of rotatable bonds is 3. The first kappa shape index (κ1) is 11.9. The lowest BCUT2D eigenvalue weighted by atomic mass is 10.1. The quantitative estimate of drug-likeness (QED) is 0.524. The molecule has 5 nitrogen and oxygen atoms in total. The molecule has 0 aromatic carbocycles. The molecule has 0 aliphatic rings. The van der Waals surface area contributed by atoms with Crippen molar-refractivity contribution in [3.63, 3.8) is 0 Å². The fourth-order valence-corrected chi connectivity index (χ4v) is 1.51. The highest BCUT2D eigenvalue weighted by Gasteiger charge is 2.27. The van der Waals surface area contributed by atoms with E-state index in [9.17, 15) is 18.9 Å². The first-order valence-electron chi connectivity index (χ1n) is 3.69. The number of alkyl halides is 2. The van der Waals surface area contributed by atoms with Crippen molar-refractivity contribution in [2.24, 2.45) is 0 Å². The van der Waals surface area contributed by atoms with Crippen LogP contribution in [0.25, 0.3) is 0 Å². The Morgan fingerprint density at radius 1 is 1.67 bits per heavy atom. The monoisotopic (exact) mass is 282 g/mol. The molecule has 1 aromatic rings. The lowest BCUT2D eigenvalue weighted by molar-refractivity contribution is -0.386. The number of nitrogens with zero attached hydrogens (tertiary/aromatic N) is 2. The highest BCUT2D eigenvalue weighted by Crippen LogP contribution is 2.34. The Morgan fingerprint density at radius 3 is 2.67 bits per heavy atom. The van der Waals surface area contributed by atoms with Gasteiger partial charge in [0.15, 0.2) is 0 Å². The van der Waals surface area contributed by atoms with E-state index in [1.165, 1.54) is 0 Å². The summed E-state index contributed by atoms with van der Waals surface area (Å²) in [7, 11) is 0. The van der Waals surface area contributed by atoms with Gasteiger partial charge in [-0.1, -0.05) is 0 Å². The molecule has 0 atom stereocenters. The number of hydrogen-bond acceptors (Lipinski definition) is 4. The highest BCUT2D eigenvalue weighted by atomic mass is 79.9. The molecule has 0 saturated carbocycles. The molecule has 82 valence electrons. The predicted octanol–water partition coefficient (Wildman–Crippen LogP) is 2.18. The van der Waals surface area contributed by atoms with E-state index in [-0.39, 0.29) is 10.2 Å². The zero-order chi connectivity index (χ0) is 11.6. The van der Waals surface area contributed by atoms with Crippen molar-refractivity contribution < 1.29 is 18.8 Å². The van der Waals surface area contributed by atoms with E-state index in [0.29, 0.717) is 0 Å². The molecule has 8 heteroatoms. The van der Waals surface area contributed by atoms with Gasteiger partial charge < -0.3 is 5.11 Å². The average Bonchev–Trinajstić information content (AvgIpc) is 2.16. The zero-order valence-corrected chi connectivity index (χ0v) is 8.74. The minimum Gasteiger partial charge on any atom is -0.392 e. The number of aliphatic hydroxyl groups excluding tert-OH is 1. The van der Waals surface area contributed by atoms with Crippen molar-refractivity contribution in [2.75, 3.05) is 0 Å². The molecule has 0 spiro atoms. The summed E-state index contributed by atoms with van der Waals surface area (Å²) in [6.45, 7) is -0.741. The van der Waals surface area contributed by atoms with Gasteiger partial charge in [-0.2, -0.15) is 0 Å². The summed E-state index contributed by atoms with van der Waals surface area (Å²) in [5.41, 5.74) is -1.86. The van der Waals surface area contributed by atoms with E-state index in [0.717, 1.165) is 6.20 Å². The van der Waals surface area contributed by atoms with Gasteiger partial charge in [-0.15, -0.1) is 0 Å². The van der Waals surface area contributed by atoms with Crippen molar-refractivity contribution in [3.05, 3.63) is 32.0 Å². The van der Waals surface area contributed by atoms with Crippen LogP contribution < -0.4 is 0 Å². The van der Waals surface area contributed by atoms with Crippen LogP contribution >= 0.6 is 15.9 Å². The molecule has 0 radical (unpaired) electrons. The van der Waals surface area contributed by atoms with E-state index in [2.05, 4.69) is 20.9 Å². The molecule has 0 unspecified atom stereocenters. The number of pyridine rings is 1. The lowest BCUT2D eigenvalue weighted by Gasteiger charge is -2.07. The van der Waals surface area contributed by atoms with Crippen molar-refractivity contribution in [1.82, 2.24) is 4.98 Å². The van der Waals surface area contributed by atoms with E-state index in [1.54, 1.807) is 0 Å². The first-order valence-corrected chi connectivity index (χ1v) is 4.49. The Hall–Kier alpha value is -1.15. The second-order valence-electron chi connectivity index (χ2n) is 2.54. The summed E-state index contributed by atoms with van der Waals surface area (Å²) in [6.07, 6.45) is -2.31. The molecule has 15 heavy (non-hydrogen) atoms. The normalized spacial score (nSPS) is 10.7. The Morgan fingerprint density at radius 2 is 2.27 bits per heavy atom. The SMILES string of the molecule is O=[N+]([O-])c1cnc(Br)c(CO)c1C(F)F. The molecule has 0 amide bonds. The van der Waals surface area contributed by atoms with Gasteiger partial charge in [0.2, 0.25) is 0 Å². The standard InChI is InChI=1S/C7H5BrF2N2O3/c8-6-3(2-13)5(7(9)10)4(1-11-6)12(14)15/h1,7,13H,2H2. The van der Waals surface area contributed by atoms with Crippen molar-refractivity contribution >= 4 is 21.6 Å². The summed E-state index contributed by atoms with van der Waals surface area (Å²) in [5, 5.41) is 19.3. The lowest BCUT2D eigenvalue weighted by Crippen LogP contribution is -2.04. The maximum atomic E-state index is 12.6. The Bertz CT molecular complexity index is 400. The summed E-state index contributed by atoms with van der Waals surface area (Å²) in [5.74, 6) is 0. The molecule has 0 fully saturated rings. The third kappa shape index (κ3) is 2.26. The van der Waals surface area contributed by atoms with Crippen LogP contribution in [0, 0.1) is 10.1 Å². The molecule has 0 saturated heterocycles. The van der Waals surface area contributed by atoms with Crippen LogP contribution in [0.1, 0.15) is 17.6 Å². The van der Waals surface area contributed by atoms with Crippen LogP contribution in [0.3, 0.4) is 0 Å². The number of halogens is 3. The van der Waals surface area contributed by atoms with E-state index in [4.69, 9.17) is 5.11 Å². The number of aliphatic hydroxyl groups is 1. The second-order valence-corrected chi connectivity index (χ2v) is 3.29. The fourth-order valence-electron chi connectivity index (χ4n) is 1.07. The summed E-state index contributed by atoms with van der Waals surface area (Å²) < 4.78 is 25.1. The van der Waals surface area contributed by atoms with Gasteiger partial charge in [0.25, 0.3) is 12.1 Å². The zero-order valence-electron chi connectivity index (χ0n) is 7.15. The van der Waals surface area contributed by atoms with Gasteiger partial charge in [0, 0.05) is 5.56 Å².